The molecule has 0 radical (unpaired) electrons. The minimum atomic E-state index is -0.287. The topological polar surface area (TPSA) is 69.4 Å². The third-order valence-electron chi connectivity index (χ3n) is 3.60. The highest BCUT2D eigenvalue weighted by Gasteiger charge is 2.09. The van der Waals surface area contributed by atoms with Crippen molar-refractivity contribution in [2.45, 2.75) is 12.1 Å². The Morgan fingerprint density at radius 1 is 1.21 bits per heavy atom. The van der Waals surface area contributed by atoms with Gasteiger partial charge in [0.15, 0.2) is 0 Å². The van der Waals surface area contributed by atoms with Gasteiger partial charge in [-0.15, -0.1) is 10.2 Å². The Balaban J connectivity index is 2.19. The Bertz CT molecular complexity index is 982. The number of nitrogens with zero attached hydrogens (tertiary/aromatic N) is 4. The Morgan fingerprint density at radius 2 is 2.00 bits per heavy atom. The maximum absolute atomic E-state index is 12.3. The van der Waals surface area contributed by atoms with Crippen LogP contribution in [-0.2, 0) is 0 Å². The maximum Gasteiger partial charge on any atom is 0.296 e. The number of methoxy groups -OCH3 is 1. The first kappa shape index (κ1) is 16.2. The fourth-order valence-corrected chi connectivity index (χ4v) is 2.80. The molecule has 1 aromatic heterocycles. The molecule has 0 saturated carbocycles. The van der Waals surface area contributed by atoms with Crippen molar-refractivity contribution in [3.8, 4) is 5.75 Å². The van der Waals surface area contributed by atoms with Gasteiger partial charge in [-0.25, -0.2) is 0 Å². The third-order valence-corrected chi connectivity index (χ3v) is 4.22. The number of thioether (sulfide) groups is 1. The Hall–Kier alpha value is -2.67. The molecule has 0 fully saturated rings. The molecule has 0 aliphatic heterocycles. The van der Waals surface area contributed by atoms with Gasteiger partial charge in [0, 0.05) is 5.56 Å². The van der Waals surface area contributed by atoms with E-state index in [4.69, 9.17) is 4.74 Å². The van der Waals surface area contributed by atoms with Crippen molar-refractivity contribution in [2.75, 3.05) is 13.4 Å². The highest BCUT2D eigenvalue weighted by Crippen LogP contribution is 2.26. The molecule has 122 valence electrons. The SMILES string of the molecule is COc1ccc2ccccc2c1/C=N\n1c(SC)nnc(C)c1=O. The predicted molar refractivity (Wildman–Crippen MR) is 96.3 cm³/mol. The number of aromatic nitrogens is 3. The second kappa shape index (κ2) is 6.84. The predicted octanol–water partition coefficient (Wildman–Crippen LogP) is 2.71. The molecule has 0 saturated heterocycles. The van der Waals surface area contributed by atoms with Gasteiger partial charge < -0.3 is 4.74 Å². The van der Waals surface area contributed by atoms with Crippen LogP contribution in [0.4, 0.5) is 0 Å². The van der Waals surface area contributed by atoms with E-state index in [2.05, 4.69) is 15.3 Å². The zero-order valence-corrected chi connectivity index (χ0v) is 14.4. The average Bonchev–Trinajstić information content (AvgIpc) is 2.62. The van der Waals surface area contributed by atoms with Crippen LogP contribution in [0.15, 0.2) is 51.5 Å². The van der Waals surface area contributed by atoms with E-state index >= 15 is 0 Å². The van der Waals surface area contributed by atoms with Gasteiger partial charge in [0.25, 0.3) is 5.56 Å². The summed E-state index contributed by atoms with van der Waals surface area (Å²) in [6.07, 6.45) is 3.45. The second-order valence-corrected chi connectivity index (χ2v) is 5.81. The Morgan fingerprint density at radius 3 is 2.75 bits per heavy atom. The van der Waals surface area contributed by atoms with E-state index in [-0.39, 0.29) is 5.56 Å². The summed E-state index contributed by atoms with van der Waals surface area (Å²) in [6, 6.07) is 11.8. The number of hydrogen-bond donors (Lipinski definition) is 0. The van der Waals surface area contributed by atoms with E-state index in [1.807, 2.05) is 42.7 Å². The van der Waals surface area contributed by atoms with Gasteiger partial charge in [-0.1, -0.05) is 42.1 Å². The summed E-state index contributed by atoms with van der Waals surface area (Å²) < 4.78 is 6.70. The number of benzene rings is 2. The summed E-state index contributed by atoms with van der Waals surface area (Å²) in [4.78, 5) is 12.3. The van der Waals surface area contributed by atoms with E-state index in [1.54, 1.807) is 20.2 Å². The molecule has 2 aromatic carbocycles. The van der Waals surface area contributed by atoms with Crippen molar-refractivity contribution in [1.82, 2.24) is 14.9 Å². The molecule has 0 aliphatic rings. The smallest absolute Gasteiger partial charge is 0.296 e. The molecule has 7 heteroatoms. The summed E-state index contributed by atoms with van der Waals surface area (Å²) in [5.41, 5.74) is 0.823. The quantitative estimate of drug-likeness (QED) is 0.539. The fourth-order valence-electron chi connectivity index (χ4n) is 2.37. The van der Waals surface area contributed by atoms with Gasteiger partial charge in [0.1, 0.15) is 11.4 Å². The summed E-state index contributed by atoms with van der Waals surface area (Å²) in [5, 5.41) is 14.7. The molecule has 0 atom stereocenters. The lowest BCUT2D eigenvalue weighted by Gasteiger charge is -2.09. The molecule has 0 unspecified atom stereocenters. The molecule has 3 rings (SSSR count). The van der Waals surface area contributed by atoms with Crippen molar-refractivity contribution in [3.05, 3.63) is 58.0 Å². The number of aryl methyl sites for hydroxylation is 1. The molecule has 1 heterocycles. The maximum atomic E-state index is 12.3. The summed E-state index contributed by atoms with van der Waals surface area (Å²) in [6.45, 7) is 1.62. The molecular formula is C17H16N4O2S. The lowest BCUT2D eigenvalue weighted by Crippen LogP contribution is -2.23. The first-order valence-corrected chi connectivity index (χ1v) is 8.48. The number of rotatable bonds is 4. The molecule has 3 aromatic rings. The first-order chi connectivity index (χ1) is 11.7. The summed E-state index contributed by atoms with van der Waals surface area (Å²) in [5.74, 6) is 0.690. The van der Waals surface area contributed by atoms with Crippen LogP contribution < -0.4 is 10.3 Å². The standard InChI is InChI=1S/C17H16N4O2S/c1-11-16(22)21(17(24-3)20-19-11)18-10-14-13-7-5-4-6-12(13)8-9-15(14)23-2/h4-10H,1-3H3/b18-10-. The molecular weight excluding hydrogens is 324 g/mol. The Kier molecular flexibility index (Phi) is 4.61. The van der Waals surface area contributed by atoms with Crippen LogP contribution >= 0.6 is 11.8 Å². The van der Waals surface area contributed by atoms with E-state index in [0.717, 1.165) is 16.3 Å². The zero-order chi connectivity index (χ0) is 17.1. The summed E-state index contributed by atoms with van der Waals surface area (Å²) in [7, 11) is 1.61. The van der Waals surface area contributed by atoms with Crippen molar-refractivity contribution < 1.29 is 4.74 Å². The van der Waals surface area contributed by atoms with Crippen LogP contribution in [0.3, 0.4) is 0 Å². The third kappa shape index (κ3) is 2.90. The van der Waals surface area contributed by atoms with Gasteiger partial charge in [0.05, 0.1) is 13.3 Å². The molecule has 24 heavy (non-hydrogen) atoms. The van der Waals surface area contributed by atoms with E-state index in [0.29, 0.717) is 16.6 Å². The average molecular weight is 340 g/mol. The van der Waals surface area contributed by atoms with Crippen LogP contribution in [-0.4, -0.2) is 34.5 Å². The normalized spacial score (nSPS) is 11.3. The fraction of sp³-hybridized carbons (Fsp3) is 0.176. The highest BCUT2D eigenvalue weighted by molar-refractivity contribution is 7.98. The van der Waals surface area contributed by atoms with Crippen molar-refractivity contribution >= 4 is 28.7 Å². The minimum absolute atomic E-state index is 0.287. The largest absolute Gasteiger partial charge is 0.496 e. The molecule has 0 amide bonds. The molecule has 0 bridgehead atoms. The monoisotopic (exact) mass is 340 g/mol. The van der Waals surface area contributed by atoms with Gasteiger partial charge in [-0.2, -0.15) is 9.78 Å². The van der Waals surface area contributed by atoms with Crippen LogP contribution in [0.5, 0.6) is 5.75 Å². The molecule has 0 N–H and O–H groups in total. The van der Waals surface area contributed by atoms with Crippen molar-refractivity contribution in [1.29, 1.82) is 0 Å². The number of fused-ring (bicyclic) bond motifs is 1. The first-order valence-electron chi connectivity index (χ1n) is 7.26. The van der Waals surface area contributed by atoms with E-state index in [1.165, 1.54) is 16.4 Å². The summed E-state index contributed by atoms with van der Waals surface area (Å²) >= 11 is 1.31. The van der Waals surface area contributed by atoms with Crippen LogP contribution in [0, 0.1) is 6.92 Å². The second-order valence-electron chi connectivity index (χ2n) is 5.04. The lowest BCUT2D eigenvalue weighted by atomic mass is 10.0. The number of hydrogen-bond acceptors (Lipinski definition) is 6. The van der Waals surface area contributed by atoms with Crippen LogP contribution in [0.25, 0.3) is 10.8 Å². The molecule has 0 spiro atoms. The van der Waals surface area contributed by atoms with Crippen LogP contribution in [0.2, 0.25) is 0 Å². The lowest BCUT2D eigenvalue weighted by molar-refractivity contribution is 0.415. The minimum Gasteiger partial charge on any atom is -0.496 e. The van der Waals surface area contributed by atoms with Gasteiger partial charge >= 0.3 is 0 Å². The van der Waals surface area contributed by atoms with E-state index in [9.17, 15) is 4.79 Å². The van der Waals surface area contributed by atoms with Crippen LogP contribution in [0.1, 0.15) is 11.3 Å². The van der Waals surface area contributed by atoms with Crippen molar-refractivity contribution in [3.63, 3.8) is 0 Å². The highest BCUT2D eigenvalue weighted by atomic mass is 32.2. The van der Waals surface area contributed by atoms with Crippen molar-refractivity contribution in [2.24, 2.45) is 5.10 Å². The Labute approximate surface area is 143 Å². The van der Waals surface area contributed by atoms with E-state index < -0.39 is 0 Å². The molecule has 0 aliphatic carbocycles. The number of ether oxygens (including phenoxy) is 1. The zero-order valence-electron chi connectivity index (χ0n) is 13.6. The molecule has 6 nitrogen and oxygen atoms in total. The van der Waals surface area contributed by atoms with Gasteiger partial charge in [-0.05, 0) is 30.0 Å². The van der Waals surface area contributed by atoms with Gasteiger partial charge in [0.2, 0.25) is 5.16 Å². The van der Waals surface area contributed by atoms with Gasteiger partial charge in [-0.3, -0.25) is 4.79 Å².